The van der Waals surface area contributed by atoms with Crippen molar-refractivity contribution in [3.8, 4) is 0 Å². The molecule has 27 heavy (non-hydrogen) atoms. The Kier molecular flexibility index (Phi) is 6.49. The third kappa shape index (κ3) is 5.07. The number of nitrogens with zero attached hydrogens (tertiary/aromatic N) is 1. The van der Waals surface area contributed by atoms with Crippen molar-refractivity contribution in [3.05, 3.63) is 29.8 Å². The molecule has 0 aromatic heterocycles. The van der Waals surface area contributed by atoms with Crippen LogP contribution in [0.1, 0.15) is 51.0 Å². The third-order valence-electron chi connectivity index (χ3n) is 4.89. The van der Waals surface area contributed by atoms with Crippen molar-refractivity contribution >= 4 is 21.8 Å². The highest BCUT2D eigenvalue weighted by Gasteiger charge is 2.31. The zero-order valence-electron chi connectivity index (χ0n) is 15.6. The molecule has 148 valence electrons. The summed E-state index contributed by atoms with van der Waals surface area (Å²) in [6.07, 6.45) is 7.18. The van der Waals surface area contributed by atoms with Crippen molar-refractivity contribution < 1.29 is 17.9 Å². The molecule has 1 atom stereocenters. The fourth-order valence-electron chi connectivity index (χ4n) is 3.40. The minimum atomic E-state index is -3.59. The lowest BCUT2D eigenvalue weighted by molar-refractivity contribution is -0.121. The summed E-state index contributed by atoms with van der Waals surface area (Å²) in [5.74, 6) is -0.0161. The van der Waals surface area contributed by atoms with Crippen LogP contribution in [-0.2, 0) is 19.6 Å². The summed E-state index contributed by atoms with van der Waals surface area (Å²) in [7, 11) is -3.59. The molecule has 1 heterocycles. The van der Waals surface area contributed by atoms with Crippen LogP contribution in [0, 0.1) is 0 Å². The van der Waals surface area contributed by atoms with E-state index in [0.717, 1.165) is 19.3 Å². The van der Waals surface area contributed by atoms with Gasteiger partial charge in [0.2, 0.25) is 5.91 Å². The van der Waals surface area contributed by atoms with E-state index in [1.54, 1.807) is 25.1 Å². The van der Waals surface area contributed by atoms with Gasteiger partial charge < -0.3 is 10.1 Å². The van der Waals surface area contributed by atoms with E-state index in [1.165, 1.54) is 25.3 Å². The lowest BCUT2D eigenvalue weighted by atomic mass is 9.98. The van der Waals surface area contributed by atoms with Gasteiger partial charge in [-0.3, -0.25) is 14.5 Å². The molecule has 8 heteroatoms. The maximum Gasteiger partial charge on any atom is 0.263 e. The second kappa shape index (κ2) is 8.84. The number of benzene rings is 1. The van der Waals surface area contributed by atoms with E-state index < -0.39 is 16.1 Å². The fraction of sp³-hybridized carbons (Fsp3) is 0.579. The van der Waals surface area contributed by atoms with Crippen molar-refractivity contribution in [2.75, 3.05) is 13.2 Å². The molecule has 0 saturated heterocycles. The van der Waals surface area contributed by atoms with E-state index in [4.69, 9.17) is 4.74 Å². The van der Waals surface area contributed by atoms with Gasteiger partial charge >= 0.3 is 0 Å². The lowest BCUT2D eigenvalue weighted by Crippen LogP contribution is -2.35. The second-order valence-corrected chi connectivity index (χ2v) is 8.68. The number of fused-ring (bicyclic) bond motifs is 1. The Morgan fingerprint density at radius 1 is 1.30 bits per heavy atom. The maximum absolute atomic E-state index is 12.2. The Morgan fingerprint density at radius 3 is 2.81 bits per heavy atom. The molecule has 1 amide bonds. The predicted octanol–water partition coefficient (Wildman–Crippen LogP) is 1.97. The summed E-state index contributed by atoms with van der Waals surface area (Å²) in [4.78, 5) is 16.7. The maximum atomic E-state index is 12.2. The van der Waals surface area contributed by atoms with Gasteiger partial charge in [0.15, 0.2) is 0 Å². The molecular weight excluding hydrogens is 366 g/mol. The Hall–Kier alpha value is -1.93. The summed E-state index contributed by atoms with van der Waals surface area (Å²) in [5, 5.41) is 2.84. The molecule has 1 aromatic rings. The molecule has 1 aromatic carbocycles. The number of rotatable bonds is 7. The molecule has 1 unspecified atom stereocenters. The number of carbonyl (C=O) groups is 1. The van der Waals surface area contributed by atoms with Crippen molar-refractivity contribution in [1.29, 1.82) is 0 Å². The SMILES string of the molecule is CC(N=C1NS(=O)(=O)c2ccccc21)C(=O)NCCCOC1CCCCC1. The predicted molar refractivity (Wildman–Crippen MR) is 103 cm³/mol. The fourth-order valence-corrected chi connectivity index (χ4v) is 4.63. The Balaban J connectivity index is 1.46. The first-order valence-corrected chi connectivity index (χ1v) is 11.0. The second-order valence-electron chi connectivity index (χ2n) is 7.03. The van der Waals surface area contributed by atoms with Gasteiger partial charge in [0.1, 0.15) is 11.9 Å². The van der Waals surface area contributed by atoms with Gasteiger partial charge in [0, 0.05) is 18.7 Å². The molecule has 2 aliphatic rings. The van der Waals surface area contributed by atoms with E-state index in [-0.39, 0.29) is 16.6 Å². The average Bonchev–Trinajstić information content (AvgIpc) is 2.92. The van der Waals surface area contributed by atoms with Crippen molar-refractivity contribution in [3.63, 3.8) is 0 Å². The molecular formula is C19H27N3O4S. The average molecular weight is 394 g/mol. The number of sulfonamides is 1. The molecule has 1 aliphatic heterocycles. The first-order valence-electron chi connectivity index (χ1n) is 9.57. The van der Waals surface area contributed by atoms with Crippen LogP contribution in [0.15, 0.2) is 34.2 Å². The minimum Gasteiger partial charge on any atom is -0.378 e. The number of nitrogens with one attached hydrogen (secondary N) is 2. The van der Waals surface area contributed by atoms with Gasteiger partial charge in [-0.25, -0.2) is 8.42 Å². The van der Waals surface area contributed by atoms with E-state index >= 15 is 0 Å². The van der Waals surface area contributed by atoms with E-state index in [9.17, 15) is 13.2 Å². The molecule has 0 spiro atoms. The van der Waals surface area contributed by atoms with Gasteiger partial charge in [0.25, 0.3) is 10.0 Å². The zero-order chi connectivity index (χ0) is 19.3. The standard InChI is InChI=1S/C19H27N3O4S/c1-14(19(23)20-12-7-13-26-15-8-3-2-4-9-15)21-18-16-10-5-6-11-17(16)27(24,25)22-18/h5-6,10-11,14-15H,2-4,7-9,12-13H2,1H3,(H,20,23)(H,21,22). The molecule has 3 rings (SSSR count). The summed E-state index contributed by atoms with van der Waals surface area (Å²) in [5.41, 5.74) is 0.498. The number of hydrogen-bond donors (Lipinski definition) is 2. The largest absolute Gasteiger partial charge is 0.378 e. The normalized spacial score (nSPS) is 21.4. The molecule has 0 radical (unpaired) electrons. The Labute approximate surface area is 160 Å². The van der Waals surface area contributed by atoms with Crippen molar-refractivity contribution in [2.45, 2.75) is 62.5 Å². The van der Waals surface area contributed by atoms with Gasteiger partial charge in [-0.05, 0) is 38.3 Å². The first kappa shape index (κ1) is 19.8. The molecule has 1 fully saturated rings. The Morgan fingerprint density at radius 2 is 2.04 bits per heavy atom. The van der Waals surface area contributed by atoms with Gasteiger partial charge in [-0.15, -0.1) is 0 Å². The third-order valence-corrected chi connectivity index (χ3v) is 6.29. The van der Waals surface area contributed by atoms with Crippen molar-refractivity contribution in [1.82, 2.24) is 10.0 Å². The first-order chi connectivity index (χ1) is 13.0. The lowest BCUT2D eigenvalue weighted by Gasteiger charge is -2.22. The highest BCUT2D eigenvalue weighted by atomic mass is 32.2. The summed E-state index contributed by atoms with van der Waals surface area (Å²) in [6, 6.07) is 5.92. The van der Waals surface area contributed by atoms with Crippen LogP contribution < -0.4 is 10.0 Å². The van der Waals surface area contributed by atoms with Crippen LogP contribution in [0.25, 0.3) is 0 Å². The van der Waals surface area contributed by atoms with Gasteiger partial charge in [-0.1, -0.05) is 31.4 Å². The van der Waals surface area contributed by atoms with Gasteiger partial charge in [-0.2, -0.15) is 0 Å². The van der Waals surface area contributed by atoms with Gasteiger partial charge in [0.05, 0.1) is 11.0 Å². The zero-order valence-corrected chi connectivity index (χ0v) is 16.4. The van der Waals surface area contributed by atoms with Crippen LogP contribution >= 0.6 is 0 Å². The molecule has 2 N–H and O–H groups in total. The topological polar surface area (TPSA) is 96.9 Å². The monoisotopic (exact) mass is 393 g/mol. The number of aliphatic imine (C=N–C) groups is 1. The highest BCUT2D eigenvalue weighted by molar-refractivity contribution is 7.90. The number of carbonyl (C=O) groups excluding carboxylic acids is 1. The van der Waals surface area contributed by atoms with Crippen LogP contribution in [0.3, 0.4) is 0 Å². The van der Waals surface area contributed by atoms with Crippen LogP contribution in [0.2, 0.25) is 0 Å². The summed E-state index contributed by atoms with van der Waals surface area (Å²) in [6.45, 7) is 2.81. The molecule has 1 saturated carbocycles. The van der Waals surface area contributed by atoms with Crippen LogP contribution in [-0.4, -0.2) is 45.5 Å². The van der Waals surface area contributed by atoms with Crippen LogP contribution in [0.4, 0.5) is 0 Å². The summed E-state index contributed by atoms with van der Waals surface area (Å²) >= 11 is 0. The van der Waals surface area contributed by atoms with Crippen molar-refractivity contribution in [2.24, 2.45) is 4.99 Å². The molecule has 0 bridgehead atoms. The number of hydrogen-bond acceptors (Lipinski definition) is 5. The Bertz CT molecular complexity index is 801. The van der Waals surface area contributed by atoms with E-state index in [0.29, 0.717) is 24.8 Å². The van der Waals surface area contributed by atoms with E-state index in [1.807, 2.05) is 0 Å². The smallest absolute Gasteiger partial charge is 0.263 e. The van der Waals surface area contributed by atoms with E-state index in [2.05, 4.69) is 15.0 Å². The molecule has 1 aliphatic carbocycles. The van der Waals surface area contributed by atoms with Crippen LogP contribution in [0.5, 0.6) is 0 Å². The number of ether oxygens (including phenoxy) is 1. The molecule has 7 nitrogen and oxygen atoms in total. The number of amidine groups is 1. The summed E-state index contributed by atoms with van der Waals surface area (Å²) < 4.78 is 32.4. The minimum absolute atomic E-state index is 0.191. The quantitative estimate of drug-likeness (QED) is 0.692. The number of amides is 1. The highest BCUT2D eigenvalue weighted by Crippen LogP contribution is 2.22.